The van der Waals surface area contributed by atoms with Gasteiger partial charge in [-0.25, -0.2) is 4.68 Å². The average Bonchev–Trinajstić information content (AvgIpc) is 2.86. The van der Waals surface area contributed by atoms with Gasteiger partial charge in [0, 0.05) is 24.8 Å². The molecule has 3 aromatic rings. The maximum atomic E-state index is 12.7. The van der Waals surface area contributed by atoms with Crippen molar-refractivity contribution in [3.8, 4) is 11.5 Å². The summed E-state index contributed by atoms with van der Waals surface area (Å²) in [5.74, 6) is 0.356. The molecule has 0 fully saturated rings. The van der Waals surface area contributed by atoms with Crippen LogP contribution < -0.4 is 20.3 Å². The first-order chi connectivity index (χ1) is 16.9. The molecule has 1 heterocycles. The molecule has 35 heavy (non-hydrogen) atoms. The van der Waals surface area contributed by atoms with Crippen molar-refractivity contribution in [3.05, 3.63) is 81.7 Å². The minimum Gasteiger partial charge on any atom is -0.492 e. The molecule has 1 N–H and O–H groups in total. The minimum atomic E-state index is -0.510. The minimum absolute atomic E-state index is 0.0607. The number of carbonyl (C=O) groups excluding carboxylic acids is 2. The molecule has 2 amide bonds. The molecule has 3 rings (SSSR count). The third-order valence-corrected chi connectivity index (χ3v) is 5.37. The second-order valence-corrected chi connectivity index (χ2v) is 7.80. The molecule has 9 nitrogen and oxygen atoms in total. The van der Waals surface area contributed by atoms with Gasteiger partial charge in [0.2, 0.25) is 0 Å². The molecular weight excluding hydrogens is 472 g/mol. The maximum absolute atomic E-state index is 12.7. The summed E-state index contributed by atoms with van der Waals surface area (Å²) in [6, 6.07) is 16.5. The van der Waals surface area contributed by atoms with Crippen LogP contribution in [0.3, 0.4) is 0 Å². The summed E-state index contributed by atoms with van der Waals surface area (Å²) < 4.78 is 12.3. The maximum Gasteiger partial charge on any atom is 0.276 e. The van der Waals surface area contributed by atoms with Gasteiger partial charge in [-0.2, -0.15) is 5.10 Å². The van der Waals surface area contributed by atoms with E-state index in [1.807, 2.05) is 44.2 Å². The molecule has 10 heteroatoms. The van der Waals surface area contributed by atoms with Gasteiger partial charge in [0.25, 0.3) is 17.4 Å². The number of para-hydroxylation sites is 1. The highest BCUT2D eigenvalue weighted by atomic mass is 35.5. The van der Waals surface area contributed by atoms with Gasteiger partial charge >= 0.3 is 0 Å². The fourth-order valence-electron chi connectivity index (χ4n) is 3.19. The summed E-state index contributed by atoms with van der Waals surface area (Å²) in [5, 5.41) is 7.07. The summed E-state index contributed by atoms with van der Waals surface area (Å²) in [5.41, 5.74) is 0.127. The Hall–Kier alpha value is -3.85. The molecule has 0 aliphatic heterocycles. The van der Waals surface area contributed by atoms with E-state index < -0.39 is 5.91 Å². The Balaban J connectivity index is 1.59. The number of halogens is 1. The van der Waals surface area contributed by atoms with Gasteiger partial charge in [-0.1, -0.05) is 29.8 Å². The van der Waals surface area contributed by atoms with Gasteiger partial charge in [-0.3, -0.25) is 14.4 Å². The predicted octanol–water partition coefficient (Wildman–Crippen LogP) is 3.48. The van der Waals surface area contributed by atoms with Gasteiger partial charge in [0.15, 0.2) is 6.61 Å². The number of anilines is 1. The fourth-order valence-corrected chi connectivity index (χ4v) is 3.43. The molecule has 0 aliphatic carbocycles. The Kier molecular flexibility index (Phi) is 9.25. The lowest BCUT2D eigenvalue weighted by atomic mass is 10.3. The highest BCUT2D eigenvalue weighted by molar-refractivity contribution is 6.32. The molecule has 0 bridgehead atoms. The Morgan fingerprint density at radius 1 is 1.03 bits per heavy atom. The van der Waals surface area contributed by atoms with E-state index in [1.165, 1.54) is 22.9 Å². The van der Waals surface area contributed by atoms with Gasteiger partial charge in [-0.05, 0) is 50.2 Å². The van der Waals surface area contributed by atoms with Crippen LogP contribution in [0.15, 0.2) is 65.5 Å². The summed E-state index contributed by atoms with van der Waals surface area (Å²) in [4.78, 5) is 38.6. The number of hydrogen-bond acceptors (Lipinski definition) is 6. The predicted molar refractivity (Wildman–Crippen MR) is 133 cm³/mol. The van der Waals surface area contributed by atoms with E-state index in [2.05, 4.69) is 10.4 Å². The van der Waals surface area contributed by atoms with Gasteiger partial charge in [-0.15, -0.1) is 0 Å². The standard InChI is InChI=1S/C25H27ClN4O5/c1-3-29(4-2)24(32)17-35-22-12-10-18(16-20(22)26)27-25(33)21-11-13-23(31)30(28-21)14-15-34-19-8-6-5-7-9-19/h5-13,16H,3-4,14-15,17H2,1-2H3,(H,27,33). The summed E-state index contributed by atoms with van der Waals surface area (Å²) in [6.07, 6.45) is 0. The molecular formula is C25H27ClN4O5. The molecule has 184 valence electrons. The monoisotopic (exact) mass is 498 g/mol. The number of hydrogen-bond donors (Lipinski definition) is 1. The van der Waals surface area contributed by atoms with Crippen molar-refractivity contribution >= 4 is 29.1 Å². The number of nitrogens with zero attached hydrogens (tertiary/aromatic N) is 3. The quantitative estimate of drug-likeness (QED) is 0.434. The van der Waals surface area contributed by atoms with Gasteiger partial charge in [0.05, 0.1) is 11.6 Å². The molecule has 0 unspecified atom stereocenters. The summed E-state index contributed by atoms with van der Waals surface area (Å²) in [7, 11) is 0. The normalized spacial score (nSPS) is 10.5. The zero-order chi connectivity index (χ0) is 25.2. The van der Waals surface area contributed by atoms with E-state index in [9.17, 15) is 14.4 Å². The number of benzene rings is 2. The number of nitrogens with one attached hydrogen (secondary N) is 1. The van der Waals surface area contributed by atoms with E-state index in [1.54, 1.807) is 17.0 Å². The van der Waals surface area contributed by atoms with Crippen LogP contribution in [0.1, 0.15) is 24.3 Å². The van der Waals surface area contributed by atoms with Crippen LogP contribution in [-0.4, -0.2) is 52.8 Å². The number of ether oxygens (including phenoxy) is 2. The van der Waals surface area contributed by atoms with Crippen LogP contribution in [0.2, 0.25) is 5.02 Å². The van der Waals surface area contributed by atoms with Gasteiger partial charge in [0.1, 0.15) is 23.8 Å². The molecule has 1 aromatic heterocycles. The first-order valence-corrected chi connectivity index (χ1v) is 11.6. The number of aromatic nitrogens is 2. The Morgan fingerprint density at radius 3 is 2.46 bits per heavy atom. The van der Waals surface area contributed by atoms with Crippen LogP contribution >= 0.6 is 11.6 Å². The van der Waals surface area contributed by atoms with E-state index in [0.717, 1.165) is 0 Å². The van der Waals surface area contributed by atoms with E-state index >= 15 is 0 Å². The van der Waals surface area contributed by atoms with Crippen LogP contribution in [0.25, 0.3) is 0 Å². The lowest BCUT2D eigenvalue weighted by molar-refractivity contribution is -0.132. The summed E-state index contributed by atoms with van der Waals surface area (Å²) >= 11 is 6.27. The molecule has 0 atom stereocenters. The van der Waals surface area contributed by atoms with Crippen LogP contribution in [0, 0.1) is 0 Å². The van der Waals surface area contributed by atoms with Crippen molar-refractivity contribution in [1.82, 2.24) is 14.7 Å². The van der Waals surface area contributed by atoms with Crippen molar-refractivity contribution in [2.75, 3.05) is 31.6 Å². The largest absolute Gasteiger partial charge is 0.492 e. The lowest BCUT2D eigenvalue weighted by Gasteiger charge is -2.19. The summed E-state index contributed by atoms with van der Waals surface area (Å²) in [6.45, 7) is 5.25. The van der Waals surface area contributed by atoms with Gasteiger partial charge < -0.3 is 19.7 Å². The third kappa shape index (κ3) is 7.31. The van der Waals surface area contributed by atoms with Crippen LogP contribution in [0.5, 0.6) is 11.5 Å². The SMILES string of the molecule is CCN(CC)C(=O)COc1ccc(NC(=O)c2ccc(=O)n(CCOc3ccccc3)n2)cc1Cl. The Labute approximate surface area is 208 Å². The zero-order valence-corrected chi connectivity index (χ0v) is 20.3. The molecule has 0 spiro atoms. The Bertz CT molecular complexity index is 1210. The van der Waals surface area contributed by atoms with E-state index in [4.69, 9.17) is 21.1 Å². The van der Waals surface area contributed by atoms with Crippen LogP contribution in [-0.2, 0) is 11.3 Å². The molecule has 2 aromatic carbocycles. The number of likely N-dealkylation sites (N-methyl/N-ethyl adjacent to an activating group) is 1. The lowest BCUT2D eigenvalue weighted by Crippen LogP contribution is -2.34. The number of rotatable bonds is 11. The van der Waals surface area contributed by atoms with E-state index in [-0.39, 0.29) is 41.9 Å². The smallest absolute Gasteiger partial charge is 0.276 e. The van der Waals surface area contributed by atoms with Crippen molar-refractivity contribution in [2.45, 2.75) is 20.4 Å². The highest BCUT2D eigenvalue weighted by Crippen LogP contribution is 2.28. The molecule has 0 saturated heterocycles. The first-order valence-electron chi connectivity index (χ1n) is 11.2. The molecule has 0 radical (unpaired) electrons. The zero-order valence-electron chi connectivity index (χ0n) is 19.6. The van der Waals surface area contributed by atoms with Crippen molar-refractivity contribution in [2.24, 2.45) is 0 Å². The third-order valence-electron chi connectivity index (χ3n) is 5.07. The topological polar surface area (TPSA) is 103 Å². The number of amides is 2. The Morgan fingerprint density at radius 2 is 1.77 bits per heavy atom. The average molecular weight is 499 g/mol. The molecule has 0 aliphatic rings. The van der Waals surface area contributed by atoms with Crippen LogP contribution in [0.4, 0.5) is 5.69 Å². The molecule has 0 saturated carbocycles. The van der Waals surface area contributed by atoms with Crippen molar-refractivity contribution in [1.29, 1.82) is 0 Å². The first kappa shape index (κ1) is 25.8. The second-order valence-electron chi connectivity index (χ2n) is 7.40. The second kappa shape index (κ2) is 12.6. The van der Waals surface area contributed by atoms with Crippen molar-refractivity contribution < 1.29 is 19.1 Å². The highest BCUT2D eigenvalue weighted by Gasteiger charge is 2.14. The fraction of sp³-hybridized carbons (Fsp3) is 0.280. The van der Waals surface area contributed by atoms with Crippen molar-refractivity contribution in [3.63, 3.8) is 0 Å². The van der Waals surface area contributed by atoms with E-state index in [0.29, 0.717) is 30.3 Å². The number of carbonyl (C=O) groups is 2.